The van der Waals surface area contributed by atoms with Crippen LogP contribution in [-0.2, 0) is 0 Å². The lowest BCUT2D eigenvalue weighted by molar-refractivity contribution is 0.782. The van der Waals surface area contributed by atoms with E-state index < -0.39 is 0 Å². The smallest absolute Gasteiger partial charge is 0.176 e. The molecule has 0 bridgehead atoms. The summed E-state index contributed by atoms with van der Waals surface area (Å²) in [7, 11) is 0. The first kappa shape index (κ1) is 15.0. The minimum Gasteiger partial charge on any atom is -0.383 e. The third kappa shape index (κ3) is 3.85. The highest BCUT2D eigenvalue weighted by molar-refractivity contribution is 5.43. The second-order valence-corrected chi connectivity index (χ2v) is 5.34. The van der Waals surface area contributed by atoms with E-state index in [4.69, 9.17) is 0 Å². The number of aromatic nitrogens is 4. The SMILES string of the molecule is Cc1cc(C)n(-c2ccc(NCCNc3ccccc3)nn2)n1. The van der Waals surface area contributed by atoms with Crippen LogP contribution in [0.15, 0.2) is 48.5 Å². The maximum Gasteiger partial charge on any atom is 0.176 e. The van der Waals surface area contributed by atoms with Gasteiger partial charge in [0.05, 0.1) is 5.69 Å². The van der Waals surface area contributed by atoms with Crippen LogP contribution in [0.25, 0.3) is 5.82 Å². The van der Waals surface area contributed by atoms with Crippen molar-refractivity contribution in [2.24, 2.45) is 0 Å². The molecule has 0 atom stereocenters. The molecule has 0 aliphatic heterocycles. The molecule has 0 saturated carbocycles. The Morgan fingerprint density at radius 3 is 2.35 bits per heavy atom. The summed E-state index contributed by atoms with van der Waals surface area (Å²) in [5, 5.41) is 19.4. The van der Waals surface area contributed by atoms with E-state index >= 15 is 0 Å². The van der Waals surface area contributed by atoms with E-state index in [0.29, 0.717) is 0 Å². The Balaban J connectivity index is 1.53. The van der Waals surface area contributed by atoms with Crippen LogP contribution in [0.1, 0.15) is 11.4 Å². The molecule has 0 aliphatic rings. The Bertz CT molecular complexity index is 749. The fraction of sp³-hybridized carbons (Fsp3) is 0.235. The van der Waals surface area contributed by atoms with Crippen LogP contribution < -0.4 is 10.6 Å². The van der Waals surface area contributed by atoms with Gasteiger partial charge in [0.15, 0.2) is 5.82 Å². The van der Waals surface area contributed by atoms with Gasteiger partial charge in [-0.3, -0.25) is 0 Å². The minimum atomic E-state index is 0.726. The topological polar surface area (TPSA) is 67.7 Å². The average Bonchev–Trinajstić information content (AvgIpc) is 2.92. The van der Waals surface area contributed by atoms with Crippen LogP contribution in [0.3, 0.4) is 0 Å². The summed E-state index contributed by atoms with van der Waals surface area (Å²) >= 11 is 0. The number of hydrogen-bond acceptors (Lipinski definition) is 5. The highest BCUT2D eigenvalue weighted by atomic mass is 15.4. The Morgan fingerprint density at radius 1 is 0.913 bits per heavy atom. The third-order valence-electron chi connectivity index (χ3n) is 3.41. The number of rotatable bonds is 6. The lowest BCUT2D eigenvalue weighted by Gasteiger charge is -2.08. The Hall–Kier alpha value is -2.89. The molecule has 0 unspecified atom stereocenters. The zero-order valence-electron chi connectivity index (χ0n) is 13.3. The van der Waals surface area contributed by atoms with Gasteiger partial charge in [-0.25, -0.2) is 4.68 Å². The van der Waals surface area contributed by atoms with E-state index in [2.05, 4.69) is 25.9 Å². The first-order valence-corrected chi connectivity index (χ1v) is 7.62. The number of nitrogens with zero attached hydrogens (tertiary/aromatic N) is 4. The molecule has 2 N–H and O–H groups in total. The van der Waals surface area contributed by atoms with Gasteiger partial charge in [-0.1, -0.05) is 18.2 Å². The lowest BCUT2D eigenvalue weighted by atomic mass is 10.3. The molecule has 2 aromatic heterocycles. The lowest BCUT2D eigenvalue weighted by Crippen LogP contribution is -2.15. The molecular weight excluding hydrogens is 288 g/mol. The van der Waals surface area contributed by atoms with Crippen molar-refractivity contribution in [2.75, 3.05) is 23.7 Å². The maximum absolute atomic E-state index is 4.40. The Morgan fingerprint density at radius 2 is 1.70 bits per heavy atom. The molecule has 2 heterocycles. The van der Waals surface area contributed by atoms with Gasteiger partial charge >= 0.3 is 0 Å². The van der Waals surface area contributed by atoms with Gasteiger partial charge in [-0.05, 0) is 44.2 Å². The Labute approximate surface area is 135 Å². The fourth-order valence-electron chi connectivity index (χ4n) is 2.35. The van der Waals surface area contributed by atoms with E-state index in [1.54, 1.807) is 4.68 Å². The second kappa shape index (κ2) is 6.91. The molecule has 3 aromatic rings. The van der Waals surface area contributed by atoms with Crippen molar-refractivity contribution in [1.29, 1.82) is 0 Å². The minimum absolute atomic E-state index is 0.726. The van der Waals surface area contributed by atoms with Crippen LogP contribution >= 0.6 is 0 Å². The zero-order chi connectivity index (χ0) is 16.1. The predicted molar refractivity (Wildman–Crippen MR) is 92.0 cm³/mol. The second-order valence-electron chi connectivity index (χ2n) is 5.34. The van der Waals surface area contributed by atoms with Gasteiger partial charge in [0.1, 0.15) is 5.82 Å². The molecule has 0 spiro atoms. The molecule has 0 saturated heterocycles. The number of nitrogens with one attached hydrogen (secondary N) is 2. The molecule has 3 rings (SSSR count). The summed E-state index contributed by atoms with van der Waals surface area (Å²) in [6.45, 7) is 5.55. The molecule has 0 fully saturated rings. The molecule has 118 valence electrons. The normalized spacial score (nSPS) is 10.5. The highest BCUT2D eigenvalue weighted by Crippen LogP contribution is 2.10. The van der Waals surface area contributed by atoms with Gasteiger partial charge < -0.3 is 10.6 Å². The Kier molecular flexibility index (Phi) is 4.52. The van der Waals surface area contributed by atoms with Crippen molar-refractivity contribution in [1.82, 2.24) is 20.0 Å². The first-order valence-electron chi connectivity index (χ1n) is 7.62. The monoisotopic (exact) mass is 308 g/mol. The molecule has 0 radical (unpaired) electrons. The standard InChI is InChI=1S/C17H20N6/c1-13-12-14(2)23(22-13)17-9-8-16(20-21-17)19-11-10-18-15-6-4-3-5-7-15/h3-9,12,18H,10-11H2,1-2H3,(H,19,20). The van der Waals surface area contributed by atoms with Gasteiger partial charge in [-0.2, -0.15) is 5.10 Å². The van der Waals surface area contributed by atoms with E-state index in [1.165, 1.54) is 0 Å². The molecule has 1 aromatic carbocycles. The predicted octanol–water partition coefficient (Wildman–Crippen LogP) is 2.80. The first-order chi connectivity index (χ1) is 11.2. The van der Waals surface area contributed by atoms with Crippen molar-refractivity contribution < 1.29 is 0 Å². The summed E-state index contributed by atoms with van der Waals surface area (Å²) in [6.07, 6.45) is 0. The van der Waals surface area contributed by atoms with E-state index in [0.717, 1.165) is 41.8 Å². The van der Waals surface area contributed by atoms with E-state index in [9.17, 15) is 0 Å². The molecule has 0 amide bonds. The quantitative estimate of drug-likeness (QED) is 0.685. The molecule has 0 aliphatic carbocycles. The summed E-state index contributed by atoms with van der Waals surface area (Å²) in [4.78, 5) is 0. The van der Waals surface area contributed by atoms with Gasteiger partial charge in [-0.15, -0.1) is 10.2 Å². The summed E-state index contributed by atoms with van der Waals surface area (Å²) in [6, 6.07) is 16.0. The van der Waals surface area contributed by atoms with Crippen molar-refractivity contribution >= 4 is 11.5 Å². The summed E-state index contributed by atoms with van der Waals surface area (Å²) < 4.78 is 1.79. The number of para-hydroxylation sites is 1. The van der Waals surface area contributed by atoms with Gasteiger partial charge in [0.2, 0.25) is 0 Å². The maximum atomic E-state index is 4.40. The highest BCUT2D eigenvalue weighted by Gasteiger charge is 2.05. The summed E-state index contributed by atoms with van der Waals surface area (Å²) in [5.74, 6) is 1.48. The van der Waals surface area contributed by atoms with Gasteiger partial charge in [0, 0.05) is 24.5 Å². The third-order valence-corrected chi connectivity index (χ3v) is 3.41. The number of hydrogen-bond donors (Lipinski definition) is 2. The average molecular weight is 308 g/mol. The zero-order valence-corrected chi connectivity index (χ0v) is 13.3. The van der Waals surface area contributed by atoms with Gasteiger partial charge in [0.25, 0.3) is 0 Å². The van der Waals surface area contributed by atoms with Crippen LogP contribution in [-0.4, -0.2) is 33.1 Å². The van der Waals surface area contributed by atoms with Crippen molar-refractivity contribution in [3.05, 3.63) is 59.9 Å². The number of anilines is 2. The van der Waals surface area contributed by atoms with Crippen LogP contribution in [0.2, 0.25) is 0 Å². The molecular formula is C17H20N6. The molecule has 6 nitrogen and oxygen atoms in total. The molecule has 6 heteroatoms. The van der Waals surface area contributed by atoms with E-state index in [-0.39, 0.29) is 0 Å². The van der Waals surface area contributed by atoms with Crippen LogP contribution in [0.4, 0.5) is 11.5 Å². The van der Waals surface area contributed by atoms with Crippen molar-refractivity contribution in [2.45, 2.75) is 13.8 Å². The van der Waals surface area contributed by atoms with E-state index in [1.807, 2.05) is 62.4 Å². The van der Waals surface area contributed by atoms with Crippen molar-refractivity contribution in [3.63, 3.8) is 0 Å². The fourth-order valence-corrected chi connectivity index (χ4v) is 2.35. The molecule has 23 heavy (non-hydrogen) atoms. The van der Waals surface area contributed by atoms with Crippen LogP contribution in [0, 0.1) is 13.8 Å². The number of aryl methyl sites for hydroxylation is 2. The van der Waals surface area contributed by atoms with Crippen molar-refractivity contribution in [3.8, 4) is 5.82 Å². The summed E-state index contributed by atoms with van der Waals surface area (Å²) in [5.41, 5.74) is 3.13. The van der Waals surface area contributed by atoms with Crippen LogP contribution in [0.5, 0.6) is 0 Å². The largest absolute Gasteiger partial charge is 0.383 e. The number of benzene rings is 1.